The van der Waals surface area contributed by atoms with E-state index < -0.39 is 18.2 Å². The van der Waals surface area contributed by atoms with E-state index in [9.17, 15) is 14.7 Å². The Bertz CT molecular complexity index is 687. The van der Waals surface area contributed by atoms with Crippen LogP contribution >= 0.6 is 0 Å². The van der Waals surface area contributed by atoms with Crippen molar-refractivity contribution in [2.24, 2.45) is 0 Å². The Morgan fingerprint density at radius 1 is 1.21 bits per heavy atom. The van der Waals surface area contributed by atoms with Crippen molar-refractivity contribution in [1.29, 1.82) is 0 Å². The molecule has 0 saturated carbocycles. The molecule has 126 valence electrons. The SMILES string of the molecule is O=C(NCc1ccco1)[C@@H]1C[C@H](O)CN1C(=O)Nc1ccccc1. The molecule has 0 bridgehead atoms. The van der Waals surface area contributed by atoms with Crippen LogP contribution in [0.5, 0.6) is 0 Å². The number of amides is 3. The smallest absolute Gasteiger partial charge is 0.322 e. The van der Waals surface area contributed by atoms with E-state index in [1.54, 1.807) is 24.3 Å². The molecule has 0 unspecified atom stereocenters. The Kier molecular flexibility index (Phi) is 4.81. The van der Waals surface area contributed by atoms with Crippen LogP contribution < -0.4 is 10.6 Å². The summed E-state index contributed by atoms with van der Waals surface area (Å²) in [7, 11) is 0. The van der Waals surface area contributed by atoms with Gasteiger partial charge < -0.3 is 25.1 Å². The number of β-amino-alcohol motifs (C(OH)–C–C–N with tert-alkyl or cyclic N) is 1. The number of para-hydroxylation sites is 1. The number of carbonyl (C=O) groups is 2. The van der Waals surface area contributed by atoms with E-state index in [1.807, 2.05) is 18.2 Å². The average molecular weight is 329 g/mol. The molecule has 2 heterocycles. The summed E-state index contributed by atoms with van der Waals surface area (Å²) >= 11 is 0. The molecule has 1 aliphatic heterocycles. The van der Waals surface area contributed by atoms with Gasteiger partial charge in [-0.05, 0) is 24.3 Å². The van der Waals surface area contributed by atoms with Crippen molar-refractivity contribution in [1.82, 2.24) is 10.2 Å². The van der Waals surface area contributed by atoms with Crippen molar-refractivity contribution in [3.63, 3.8) is 0 Å². The van der Waals surface area contributed by atoms with Gasteiger partial charge in [-0.15, -0.1) is 0 Å². The number of aliphatic hydroxyl groups excluding tert-OH is 1. The highest BCUT2D eigenvalue weighted by atomic mass is 16.3. The molecule has 1 saturated heterocycles. The fourth-order valence-electron chi connectivity index (χ4n) is 2.71. The Labute approximate surface area is 139 Å². The molecule has 3 N–H and O–H groups in total. The fraction of sp³-hybridized carbons (Fsp3) is 0.294. The molecule has 7 nitrogen and oxygen atoms in total. The Balaban J connectivity index is 1.62. The summed E-state index contributed by atoms with van der Waals surface area (Å²) in [6.07, 6.45) is 1.03. The number of hydrogen-bond acceptors (Lipinski definition) is 4. The first-order valence-corrected chi connectivity index (χ1v) is 7.74. The summed E-state index contributed by atoms with van der Waals surface area (Å²) in [6.45, 7) is 0.365. The van der Waals surface area contributed by atoms with Gasteiger partial charge in [0.2, 0.25) is 5.91 Å². The number of nitrogens with zero attached hydrogens (tertiary/aromatic N) is 1. The van der Waals surface area contributed by atoms with E-state index in [0.717, 1.165) is 0 Å². The maximum absolute atomic E-state index is 12.4. The van der Waals surface area contributed by atoms with E-state index in [-0.39, 0.29) is 25.4 Å². The summed E-state index contributed by atoms with van der Waals surface area (Å²) in [5.41, 5.74) is 0.638. The van der Waals surface area contributed by atoms with Crippen LogP contribution in [0.15, 0.2) is 53.1 Å². The van der Waals surface area contributed by atoms with Gasteiger partial charge >= 0.3 is 6.03 Å². The minimum atomic E-state index is -0.717. The van der Waals surface area contributed by atoms with E-state index in [1.165, 1.54) is 11.2 Å². The lowest BCUT2D eigenvalue weighted by Crippen LogP contribution is -2.47. The molecule has 1 aromatic carbocycles. The predicted octanol–water partition coefficient (Wildman–Crippen LogP) is 1.56. The zero-order chi connectivity index (χ0) is 16.9. The molecule has 0 spiro atoms. The third-order valence-electron chi connectivity index (χ3n) is 3.88. The molecule has 0 aliphatic carbocycles. The van der Waals surface area contributed by atoms with Crippen molar-refractivity contribution >= 4 is 17.6 Å². The van der Waals surface area contributed by atoms with Crippen LogP contribution in [0.25, 0.3) is 0 Å². The molecular weight excluding hydrogens is 310 g/mol. The van der Waals surface area contributed by atoms with Crippen molar-refractivity contribution in [3.05, 3.63) is 54.5 Å². The molecule has 2 aromatic rings. The van der Waals surface area contributed by atoms with Crippen LogP contribution in [0.2, 0.25) is 0 Å². The number of furan rings is 1. The molecular formula is C17H19N3O4. The lowest BCUT2D eigenvalue weighted by Gasteiger charge is -2.23. The number of aliphatic hydroxyl groups is 1. The van der Waals surface area contributed by atoms with Gasteiger partial charge in [0, 0.05) is 18.7 Å². The van der Waals surface area contributed by atoms with Crippen LogP contribution in [-0.4, -0.2) is 40.6 Å². The molecule has 3 rings (SSSR count). The molecule has 2 atom stereocenters. The van der Waals surface area contributed by atoms with E-state index in [0.29, 0.717) is 11.4 Å². The molecule has 24 heavy (non-hydrogen) atoms. The van der Waals surface area contributed by atoms with Crippen molar-refractivity contribution < 1.29 is 19.1 Å². The van der Waals surface area contributed by atoms with E-state index in [2.05, 4.69) is 10.6 Å². The molecule has 7 heteroatoms. The number of benzene rings is 1. The number of anilines is 1. The first-order chi connectivity index (χ1) is 11.6. The minimum Gasteiger partial charge on any atom is -0.467 e. The highest BCUT2D eigenvalue weighted by Crippen LogP contribution is 2.20. The Morgan fingerprint density at radius 2 is 2.00 bits per heavy atom. The Hall–Kier alpha value is -2.80. The monoisotopic (exact) mass is 329 g/mol. The predicted molar refractivity (Wildman–Crippen MR) is 87.1 cm³/mol. The zero-order valence-corrected chi connectivity index (χ0v) is 13.0. The first kappa shape index (κ1) is 16.1. The number of hydrogen-bond donors (Lipinski definition) is 3. The maximum Gasteiger partial charge on any atom is 0.322 e. The van der Waals surface area contributed by atoms with Gasteiger partial charge in [0.15, 0.2) is 0 Å². The van der Waals surface area contributed by atoms with Gasteiger partial charge in [-0.1, -0.05) is 18.2 Å². The average Bonchev–Trinajstić information content (AvgIpc) is 3.23. The third-order valence-corrected chi connectivity index (χ3v) is 3.88. The molecule has 1 fully saturated rings. The summed E-state index contributed by atoms with van der Waals surface area (Å²) < 4.78 is 5.16. The highest BCUT2D eigenvalue weighted by Gasteiger charge is 2.38. The standard InChI is InChI=1S/C17H19N3O4/c21-13-9-15(16(22)18-10-14-7-4-8-24-14)20(11-13)17(23)19-12-5-2-1-3-6-12/h1-8,13,15,21H,9-11H2,(H,18,22)(H,19,23)/t13-,15-/m0/s1. The van der Waals surface area contributed by atoms with Gasteiger partial charge in [0.05, 0.1) is 18.9 Å². The summed E-state index contributed by atoms with van der Waals surface area (Å²) in [6, 6.07) is 11.4. The van der Waals surface area contributed by atoms with E-state index in [4.69, 9.17) is 4.42 Å². The minimum absolute atomic E-state index is 0.123. The van der Waals surface area contributed by atoms with Crippen LogP contribution in [0, 0.1) is 0 Å². The van der Waals surface area contributed by atoms with Crippen molar-refractivity contribution in [2.45, 2.75) is 25.1 Å². The second-order valence-corrected chi connectivity index (χ2v) is 5.65. The number of urea groups is 1. The van der Waals surface area contributed by atoms with Gasteiger partial charge in [-0.2, -0.15) is 0 Å². The second kappa shape index (κ2) is 7.18. The molecule has 1 aromatic heterocycles. The number of nitrogens with one attached hydrogen (secondary N) is 2. The van der Waals surface area contributed by atoms with Gasteiger partial charge in [-0.3, -0.25) is 4.79 Å². The van der Waals surface area contributed by atoms with Gasteiger partial charge in [0.1, 0.15) is 11.8 Å². The summed E-state index contributed by atoms with van der Waals surface area (Å²) in [5.74, 6) is 0.313. The van der Waals surface area contributed by atoms with E-state index >= 15 is 0 Å². The van der Waals surface area contributed by atoms with Crippen molar-refractivity contribution in [2.75, 3.05) is 11.9 Å². The summed E-state index contributed by atoms with van der Waals surface area (Å²) in [5, 5.41) is 15.3. The molecule has 0 radical (unpaired) electrons. The lowest BCUT2D eigenvalue weighted by atomic mass is 10.2. The van der Waals surface area contributed by atoms with Gasteiger partial charge in [0.25, 0.3) is 0 Å². The first-order valence-electron chi connectivity index (χ1n) is 7.74. The van der Waals surface area contributed by atoms with Crippen LogP contribution in [0.3, 0.4) is 0 Å². The quantitative estimate of drug-likeness (QED) is 0.793. The number of carbonyl (C=O) groups excluding carboxylic acids is 2. The third kappa shape index (κ3) is 3.75. The molecule has 3 amide bonds. The van der Waals surface area contributed by atoms with Crippen LogP contribution in [-0.2, 0) is 11.3 Å². The van der Waals surface area contributed by atoms with Gasteiger partial charge in [-0.25, -0.2) is 4.79 Å². The van der Waals surface area contributed by atoms with Crippen LogP contribution in [0.1, 0.15) is 12.2 Å². The Morgan fingerprint density at radius 3 is 2.71 bits per heavy atom. The summed E-state index contributed by atoms with van der Waals surface area (Å²) in [4.78, 5) is 26.1. The molecule has 1 aliphatic rings. The van der Waals surface area contributed by atoms with Crippen molar-refractivity contribution in [3.8, 4) is 0 Å². The number of likely N-dealkylation sites (tertiary alicyclic amines) is 1. The fourth-order valence-corrected chi connectivity index (χ4v) is 2.71. The zero-order valence-electron chi connectivity index (χ0n) is 13.0. The topological polar surface area (TPSA) is 94.8 Å². The number of rotatable bonds is 4. The van der Waals surface area contributed by atoms with Crippen LogP contribution in [0.4, 0.5) is 10.5 Å². The normalized spacial score (nSPS) is 20.0. The maximum atomic E-state index is 12.4. The second-order valence-electron chi connectivity index (χ2n) is 5.65. The lowest BCUT2D eigenvalue weighted by molar-refractivity contribution is -0.125. The largest absolute Gasteiger partial charge is 0.467 e. The highest BCUT2D eigenvalue weighted by molar-refractivity contribution is 5.94.